The maximum Gasteiger partial charge on any atom is 0.228 e. The van der Waals surface area contributed by atoms with Crippen LogP contribution in [0.1, 0.15) is 17.5 Å². The SMILES string of the molecule is CCc1nc2ccc(-c3ccc(N4CCN(C(=O)C5CN(C)C5)CC4)nc3)cn2c1N(C)c1nc(-c2ccc(F)cc2)c(C#N)s1. The number of piperazine rings is 1. The highest BCUT2D eigenvalue weighted by Gasteiger charge is 2.34. The van der Waals surface area contributed by atoms with Gasteiger partial charge >= 0.3 is 0 Å². The topological polar surface area (TPSA) is 96.9 Å². The molecule has 10 nitrogen and oxygen atoms in total. The fourth-order valence-corrected chi connectivity index (χ4v) is 7.13. The fraction of sp³-hybridized carbons (Fsp3) is 0.324. The van der Waals surface area contributed by atoms with E-state index in [-0.39, 0.29) is 17.6 Å². The Bertz CT molecular complexity index is 1930. The zero-order valence-corrected chi connectivity index (χ0v) is 26.8. The highest BCUT2D eigenvalue weighted by atomic mass is 32.1. The van der Waals surface area contributed by atoms with Crippen LogP contribution in [0.15, 0.2) is 60.9 Å². The summed E-state index contributed by atoms with van der Waals surface area (Å²) in [4.78, 5) is 36.1. The Hall–Kier alpha value is -4.86. The second-order valence-corrected chi connectivity index (χ2v) is 12.8. The molecule has 2 aliphatic rings. The van der Waals surface area contributed by atoms with Gasteiger partial charge in [-0.1, -0.05) is 18.3 Å². The summed E-state index contributed by atoms with van der Waals surface area (Å²) < 4.78 is 15.6. The second kappa shape index (κ2) is 12.2. The van der Waals surface area contributed by atoms with Crippen molar-refractivity contribution < 1.29 is 9.18 Å². The number of likely N-dealkylation sites (tertiary alicyclic amines) is 1. The smallest absolute Gasteiger partial charge is 0.228 e. The molecule has 0 saturated carbocycles. The minimum absolute atomic E-state index is 0.144. The van der Waals surface area contributed by atoms with Crippen LogP contribution in [0.25, 0.3) is 28.0 Å². The van der Waals surface area contributed by atoms with Crippen molar-refractivity contribution in [1.29, 1.82) is 5.26 Å². The van der Waals surface area contributed by atoms with Crippen molar-refractivity contribution in [1.82, 2.24) is 29.2 Å². The number of nitrogens with zero attached hydrogens (tertiary/aromatic N) is 9. The normalized spacial score (nSPS) is 15.6. The molecule has 4 aromatic heterocycles. The third-order valence-corrected chi connectivity index (χ3v) is 9.88. The van der Waals surface area contributed by atoms with Crippen LogP contribution < -0.4 is 9.80 Å². The molecule has 1 aromatic carbocycles. The van der Waals surface area contributed by atoms with Crippen molar-refractivity contribution in [2.24, 2.45) is 5.92 Å². The van der Waals surface area contributed by atoms with Crippen LogP contribution in [0, 0.1) is 23.1 Å². The predicted octanol–water partition coefficient (Wildman–Crippen LogP) is 5.07. The molecule has 2 fully saturated rings. The van der Waals surface area contributed by atoms with Gasteiger partial charge in [0.15, 0.2) is 5.13 Å². The molecule has 0 N–H and O–H groups in total. The Kier molecular flexibility index (Phi) is 7.88. The number of aromatic nitrogens is 4. The van der Waals surface area contributed by atoms with Crippen molar-refractivity contribution >= 4 is 39.7 Å². The Morgan fingerprint density at radius 2 is 1.74 bits per heavy atom. The minimum Gasteiger partial charge on any atom is -0.353 e. The van der Waals surface area contributed by atoms with E-state index >= 15 is 0 Å². The second-order valence-electron chi connectivity index (χ2n) is 11.9. The average Bonchev–Trinajstić information content (AvgIpc) is 3.68. The van der Waals surface area contributed by atoms with Crippen molar-refractivity contribution in [2.45, 2.75) is 13.3 Å². The molecule has 1 amide bonds. The third kappa shape index (κ3) is 5.46. The molecular formula is C34H34FN9OS. The summed E-state index contributed by atoms with van der Waals surface area (Å²) in [6.45, 7) is 6.75. The molecule has 0 unspecified atom stereocenters. The molecule has 0 radical (unpaired) electrons. The van der Waals surface area contributed by atoms with Crippen LogP contribution in [0.4, 0.5) is 21.2 Å². The molecular weight excluding hydrogens is 602 g/mol. The number of carbonyl (C=O) groups excluding carboxylic acids is 1. The highest BCUT2D eigenvalue weighted by Crippen LogP contribution is 2.37. The molecule has 234 valence electrons. The lowest BCUT2D eigenvalue weighted by Crippen LogP contribution is -2.57. The number of anilines is 3. The molecule has 5 aromatic rings. The molecule has 2 saturated heterocycles. The predicted molar refractivity (Wildman–Crippen MR) is 178 cm³/mol. The standard InChI is InChI=1S/C34H34FN9OS/c1-4-27-32(41(3)34-39-31(28(17-36)46-34)22-5-9-26(35)10-6-22)44-21-24(8-12-30(44)38-27)23-7-11-29(37-18-23)42-13-15-43(16-14-42)33(45)25-19-40(2)20-25/h5-12,18,21,25H,4,13-16,19-20H2,1-3H3. The number of halogens is 1. The van der Waals surface area contributed by atoms with Crippen molar-refractivity contribution in [2.75, 3.05) is 63.2 Å². The van der Waals surface area contributed by atoms with Gasteiger partial charge in [-0.3, -0.25) is 9.20 Å². The first-order valence-corrected chi connectivity index (χ1v) is 16.2. The summed E-state index contributed by atoms with van der Waals surface area (Å²) in [6.07, 6.45) is 4.67. The van der Waals surface area contributed by atoms with Gasteiger partial charge in [0.1, 0.15) is 39.7 Å². The zero-order chi connectivity index (χ0) is 31.9. The van der Waals surface area contributed by atoms with Gasteiger partial charge in [0, 0.05) is 75.4 Å². The maximum atomic E-state index is 13.6. The van der Waals surface area contributed by atoms with Crippen molar-refractivity contribution in [3.63, 3.8) is 0 Å². The van der Waals surface area contributed by atoms with Crippen molar-refractivity contribution in [3.8, 4) is 28.5 Å². The summed E-state index contributed by atoms with van der Waals surface area (Å²) >= 11 is 1.30. The number of amides is 1. The number of carbonyl (C=O) groups is 1. The molecule has 0 atom stereocenters. The van der Waals surface area contributed by atoms with Crippen molar-refractivity contribution in [3.05, 3.63) is 77.3 Å². The summed E-state index contributed by atoms with van der Waals surface area (Å²) in [5.41, 5.74) is 4.92. The van der Waals surface area contributed by atoms with E-state index in [2.05, 4.69) is 39.5 Å². The lowest BCUT2D eigenvalue weighted by molar-refractivity contribution is -0.140. The Labute approximate surface area is 271 Å². The van der Waals surface area contributed by atoms with Gasteiger partial charge in [-0.2, -0.15) is 5.26 Å². The van der Waals surface area contributed by atoms with Crippen LogP contribution in [-0.4, -0.2) is 88.4 Å². The molecule has 0 bridgehead atoms. The molecule has 46 heavy (non-hydrogen) atoms. The van der Waals surface area contributed by atoms with Gasteiger partial charge in [0.05, 0.1) is 11.6 Å². The van der Waals surface area contributed by atoms with E-state index in [4.69, 9.17) is 15.0 Å². The largest absolute Gasteiger partial charge is 0.353 e. The van der Waals surface area contributed by atoms with Crippen LogP contribution in [0.5, 0.6) is 0 Å². The van der Waals surface area contributed by atoms with Gasteiger partial charge < -0.3 is 19.6 Å². The van der Waals surface area contributed by atoms with E-state index in [1.807, 2.05) is 48.3 Å². The van der Waals surface area contributed by atoms with E-state index in [9.17, 15) is 14.4 Å². The number of thiazole rings is 1. The van der Waals surface area contributed by atoms with Crippen LogP contribution in [0.3, 0.4) is 0 Å². The number of hydrogen-bond acceptors (Lipinski definition) is 9. The van der Waals surface area contributed by atoms with E-state index < -0.39 is 0 Å². The number of imidazole rings is 1. The summed E-state index contributed by atoms with van der Waals surface area (Å²) in [6, 6.07) is 16.5. The van der Waals surface area contributed by atoms with E-state index in [0.717, 1.165) is 73.4 Å². The molecule has 7 rings (SSSR count). The number of pyridine rings is 2. The fourth-order valence-electron chi connectivity index (χ4n) is 6.28. The average molecular weight is 636 g/mol. The molecule has 6 heterocycles. The van der Waals surface area contributed by atoms with Gasteiger partial charge in [-0.05, 0) is 62.0 Å². The molecule has 2 aliphatic heterocycles. The van der Waals surface area contributed by atoms with Crippen LogP contribution >= 0.6 is 11.3 Å². The van der Waals surface area contributed by atoms with Gasteiger partial charge in [0.2, 0.25) is 5.91 Å². The Morgan fingerprint density at radius 1 is 1.02 bits per heavy atom. The monoisotopic (exact) mass is 635 g/mol. The maximum absolute atomic E-state index is 13.6. The first-order valence-electron chi connectivity index (χ1n) is 15.4. The third-order valence-electron chi connectivity index (χ3n) is 8.85. The van der Waals surface area contributed by atoms with Gasteiger partial charge in [-0.15, -0.1) is 0 Å². The van der Waals surface area contributed by atoms with Gasteiger partial charge in [-0.25, -0.2) is 19.3 Å². The first-order chi connectivity index (χ1) is 22.3. The minimum atomic E-state index is -0.336. The Balaban J connectivity index is 1.12. The number of aryl methyl sites for hydroxylation is 1. The van der Waals surface area contributed by atoms with E-state index in [1.54, 1.807) is 12.1 Å². The highest BCUT2D eigenvalue weighted by molar-refractivity contribution is 7.16. The number of fused-ring (bicyclic) bond motifs is 1. The quantitative estimate of drug-likeness (QED) is 0.245. The van der Waals surface area contributed by atoms with Crippen LogP contribution in [-0.2, 0) is 11.2 Å². The summed E-state index contributed by atoms with van der Waals surface area (Å²) in [5.74, 6) is 1.86. The molecule has 0 spiro atoms. The lowest BCUT2D eigenvalue weighted by atomic mass is 9.99. The number of benzene rings is 1. The van der Waals surface area contributed by atoms with Crippen LogP contribution in [0.2, 0.25) is 0 Å². The Morgan fingerprint density at radius 3 is 2.39 bits per heavy atom. The molecule has 12 heteroatoms. The van der Waals surface area contributed by atoms with E-state index in [1.165, 1.54) is 23.5 Å². The number of nitriles is 1. The van der Waals surface area contributed by atoms with E-state index in [0.29, 0.717) is 27.7 Å². The summed E-state index contributed by atoms with van der Waals surface area (Å²) in [5, 5.41) is 10.5. The van der Waals surface area contributed by atoms with Gasteiger partial charge in [0.25, 0.3) is 0 Å². The first kappa shape index (κ1) is 29.8. The number of hydrogen-bond donors (Lipinski definition) is 0. The number of rotatable bonds is 7. The lowest BCUT2D eigenvalue weighted by Gasteiger charge is -2.41. The summed E-state index contributed by atoms with van der Waals surface area (Å²) in [7, 11) is 3.98. The zero-order valence-electron chi connectivity index (χ0n) is 26.0. The molecule has 0 aliphatic carbocycles.